The number of hydrogen-bond donors (Lipinski definition) is 1. The maximum absolute atomic E-state index is 12.4. The van der Waals surface area contributed by atoms with Crippen LogP contribution in [-0.4, -0.2) is 54.6 Å². The molecule has 2 N–H and O–H groups in total. The zero-order valence-electron chi connectivity index (χ0n) is 12.5. The van der Waals surface area contributed by atoms with Crippen molar-refractivity contribution < 1.29 is 9.53 Å². The molecule has 2 aliphatic heterocycles. The number of hydrogen-bond acceptors (Lipinski definition) is 4. The minimum Gasteiger partial charge on any atom is -0.398 e. The first-order valence-corrected chi connectivity index (χ1v) is 7.61. The van der Waals surface area contributed by atoms with Gasteiger partial charge in [-0.05, 0) is 30.5 Å². The van der Waals surface area contributed by atoms with Gasteiger partial charge in [0.15, 0.2) is 0 Å². The molecule has 1 amide bonds. The van der Waals surface area contributed by atoms with E-state index in [0.29, 0.717) is 26.2 Å². The molecule has 1 aromatic rings. The monoisotopic (exact) mass is 289 g/mol. The zero-order chi connectivity index (χ0) is 14.8. The van der Waals surface area contributed by atoms with Crippen molar-refractivity contribution in [2.45, 2.75) is 26.0 Å². The van der Waals surface area contributed by atoms with E-state index in [0.717, 1.165) is 25.2 Å². The average molecular weight is 289 g/mol. The number of nitrogen functional groups attached to an aromatic ring is 1. The molecule has 1 saturated heterocycles. The van der Waals surface area contributed by atoms with Crippen LogP contribution >= 0.6 is 0 Å². The number of carbonyl (C=O) groups excluding carboxylic acids is 1. The molecule has 1 fully saturated rings. The topological polar surface area (TPSA) is 58.8 Å². The Kier molecular flexibility index (Phi) is 4.12. The van der Waals surface area contributed by atoms with Crippen molar-refractivity contribution in [1.82, 2.24) is 9.80 Å². The normalized spacial score (nSPS) is 22.9. The highest BCUT2D eigenvalue weighted by atomic mass is 16.5. The summed E-state index contributed by atoms with van der Waals surface area (Å²) >= 11 is 0. The Morgan fingerprint density at radius 3 is 3.10 bits per heavy atom. The predicted molar refractivity (Wildman–Crippen MR) is 81.8 cm³/mol. The average Bonchev–Trinajstić information content (AvgIpc) is 2.48. The standard InChI is InChI=1S/C16H23N3O2/c1-12-9-19(7-8-21-12)16(20)11-18-6-5-13-3-2-4-15(17)14(13)10-18/h2-4,12H,5-11,17H2,1H3. The number of benzene rings is 1. The SMILES string of the molecule is CC1CN(C(=O)CN2CCc3cccc(N)c3C2)CCO1. The van der Waals surface area contributed by atoms with Gasteiger partial charge in [0.25, 0.3) is 0 Å². The second-order valence-electron chi connectivity index (χ2n) is 5.97. The molecule has 5 heteroatoms. The molecule has 0 spiro atoms. The van der Waals surface area contributed by atoms with Crippen molar-refractivity contribution in [3.8, 4) is 0 Å². The molecule has 0 bridgehead atoms. The fourth-order valence-corrected chi connectivity index (χ4v) is 3.13. The van der Waals surface area contributed by atoms with Crippen LogP contribution in [0.5, 0.6) is 0 Å². The Bertz CT molecular complexity index is 532. The van der Waals surface area contributed by atoms with Crippen LogP contribution in [0.4, 0.5) is 5.69 Å². The lowest BCUT2D eigenvalue weighted by molar-refractivity contribution is -0.139. The van der Waals surface area contributed by atoms with Crippen LogP contribution in [0.3, 0.4) is 0 Å². The summed E-state index contributed by atoms with van der Waals surface area (Å²) in [6.07, 6.45) is 1.10. The fourth-order valence-electron chi connectivity index (χ4n) is 3.13. The summed E-state index contributed by atoms with van der Waals surface area (Å²) in [7, 11) is 0. The Labute approximate surface area is 125 Å². The second kappa shape index (κ2) is 6.03. The smallest absolute Gasteiger partial charge is 0.236 e. The third kappa shape index (κ3) is 3.19. The maximum Gasteiger partial charge on any atom is 0.236 e. The van der Waals surface area contributed by atoms with Crippen LogP contribution in [0.15, 0.2) is 18.2 Å². The molecule has 0 aromatic heterocycles. The summed E-state index contributed by atoms with van der Waals surface area (Å²) in [6, 6.07) is 6.08. The molecule has 1 unspecified atom stereocenters. The molecule has 5 nitrogen and oxygen atoms in total. The lowest BCUT2D eigenvalue weighted by Gasteiger charge is -2.34. The molecule has 1 atom stereocenters. The number of anilines is 1. The van der Waals surface area contributed by atoms with E-state index in [9.17, 15) is 4.79 Å². The van der Waals surface area contributed by atoms with Crippen molar-refractivity contribution in [2.75, 3.05) is 38.5 Å². The molecule has 2 aliphatic rings. The lowest BCUT2D eigenvalue weighted by Crippen LogP contribution is -2.48. The number of carbonyl (C=O) groups is 1. The van der Waals surface area contributed by atoms with Crippen LogP contribution in [-0.2, 0) is 22.5 Å². The molecule has 3 rings (SSSR count). The second-order valence-corrected chi connectivity index (χ2v) is 5.97. The van der Waals surface area contributed by atoms with Gasteiger partial charge in [0.1, 0.15) is 0 Å². The van der Waals surface area contributed by atoms with E-state index in [1.54, 1.807) is 0 Å². The minimum atomic E-state index is 0.139. The predicted octanol–water partition coefficient (Wildman–Crippen LogP) is 0.874. The van der Waals surface area contributed by atoms with Gasteiger partial charge in [-0.25, -0.2) is 0 Å². The van der Waals surface area contributed by atoms with Crippen LogP contribution in [0.1, 0.15) is 18.1 Å². The van der Waals surface area contributed by atoms with Crippen molar-refractivity contribution >= 4 is 11.6 Å². The van der Waals surface area contributed by atoms with Gasteiger partial charge in [0.05, 0.1) is 19.3 Å². The first-order valence-electron chi connectivity index (χ1n) is 7.61. The van der Waals surface area contributed by atoms with Crippen molar-refractivity contribution in [3.05, 3.63) is 29.3 Å². The van der Waals surface area contributed by atoms with Crippen molar-refractivity contribution in [1.29, 1.82) is 0 Å². The first kappa shape index (κ1) is 14.4. The van der Waals surface area contributed by atoms with E-state index < -0.39 is 0 Å². The summed E-state index contributed by atoms with van der Waals surface area (Å²) in [5.74, 6) is 0.197. The van der Waals surface area contributed by atoms with Gasteiger partial charge in [0, 0.05) is 31.9 Å². The minimum absolute atomic E-state index is 0.139. The summed E-state index contributed by atoms with van der Waals surface area (Å²) in [4.78, 5) is 16.5. The molecule has 0 aliphatic carbocycles. The molecule has 114 valence electrons. The highest BCUT2D eigenvalue weighted by Gasteiger charge is 2.25. The largest absolute Gasteiger partial charge is 0.398 e. The summed E-state index contributed by atoms with van der Waals surface area (Å²) < 4.78 is 5.49. The highest BCUT2D eigenvalue weighted by Crippen LogP contribution is 2.24. The molecule has 1 aromatic carbocycles. The van der Waals surface area contributed by atoms with Crippen LogP contribution < -0.4 is 5.73 Å². The summed E-state index contributed by atoms with van der Waals surface area (Å²) in [5.41, 5.74) is 9.40. The Morgan fingerprint density at radius 2 is 2.29 bits per heavy atom. The first-order chi connectivity index (χ1) is 10.1. The lowest BCUT2D eigenvalue weighted by atomic mass is 9.98. The molecule has 2 heterocycles. The van der Waals surface area contributed by atoms with E-state index >= 15 is 0 Å². The summed E-state index contributed by atoms with van der Waals surface area (Å²) in [6.45, 7) is 6.22. The number of ether oxygens (including phenoxy) is 1. The van der Waals surface area contributed by atoms with Gasteiger partial charge in [-0.1, -0.05) is 12.1 Å². The number of nitrogens with two attached hydrogens (primary N) is 1. The van der Waals surface area contributed by atoms with E-state index in [4.69, 9.17) is 10.5 Å². The van der Waals surface area contributed by atoms with Gasteiger partial charge >= 0.3 is 0 Å². The van der Waals surface area contributed by atoms with Crippen molar-refractivity contribution in [3.63, 3.8) is 0 Å². The quantitative estimate of drug-likeness (QED) is 0.821. The number of morpholine rings is 1. The molecule has 21 heavy (non-hydrogen) atoms. The van der Waals surface area contributed by atoms with Crippen LogP contribution in [0, 0.1) is 0 Å². The third-order valence-electron chi connectivity index (χ3n) is 4.34. The Balaban J connectivity index is 1.62. The van der Waals surface area contributed by atoms with Gasteiger partial charge in [-0.15, -0.1) is 0 Å². The van der Waals surface area contributed by atoms with Gasteiger partial charge in [-0.3, -0.25) is 9.69 Å². The van der Waals surface area contributed by atoms with Gasteiger partial charge in [-0.2, -0.15) is 0 Å². The molecular weight excluding hydrogens is 266 g/mol. The Hall–Kier alpha value is -1.59. The van der Waals surface area contributed by atoms with E-state index in [1.165, 1.54) is 11.1 Å². The molecule has 0 saturated carbocycles. The maximum atomic E-state index is 12.4. The number of rotatable bonds is 2. The van der Waals surface area contributed by atoms with Gasteiger partial charge in [0.2, 0.25) is 5.91 Å². The number of nitrogens with zero attached hydrogens (tertiary/aromatic N) is 2. The summed E-state index contributed by atoms with van der Waals surface area (Å²) in [5, 5.41) is 0. The van der Waals surface area contributed by atoms with E-state index in [-0.39, 0.29) is 12.0 Å². The number of amides is 1. The van der Waals surface area contributed by atoms with Crippen LogP contribution in [0.25, 0.3) is 0 Å². The fraction of sp³-hybridized carbons (Fsp3) is 0.562. The zero-order valence-corrected chi connectivity index (χ0v) is 12.5. The van der Waals surface area contributed by atoms with E-state index in [2.05, 4.69) is 11.0 Å². The molecular formula is C16H23N3O2. The number of fused-ring (bicyclic) bond motifs is 1. The Morgan fingerprint density at radius 1 is 1.43 bits per heavy atom. The van der Waals surface area contributed by atoms with Crippen molar-refractivity contribution in [2.24, 2.45) is 0 Å². The van der Waals surface area contributed by atoms with Crippen LogP contribution in [0.2, 0.25) is 0 Å². The van der Waals surface area contributed by atoms with E-state index in [1.807, 2.05) is 24.0 Å². The highest BCUT2D eigenvalue weighted by molar-refractivity contribution is 5.78. The van der Waals surface area contributed by atoms with Gasteiger partial charge < -0.3 is 15.4 Å². The molecule has 0 radical (unpaired) electrons. The third-order valence-corrected chi connectivity index (χ3v) is 4.34.